The van der Waals surface area contributed by atoms with Gasteiger partial charge < -0.3 is 9.47 Å². The maximum atomic E-state index is 5.99. The summed E-state index contributed by atoms with van der Waals surface area (Å²) in [6.45, 7) is 0. The number of rotatable bonds is 6. The third kappa shape index (κ3) is 3.37. The normalized spacial score (nSPS) is 33.9. The van der Waals surface area contributed by atoms with Crippen LogP contribution in [0.5, 0.6) is 11.5 Å². The minimum Gasteiger partial charge on any atom is -0.497 e. The zero-order valence-electron chi connectivity index (χ0n) is 16.3. The number of hydrogen-bond donors (Lipinski definition) is 0. The van der Waals surface area contributed by atoms with Crippen molar-refractivity contribution in [3.05, 3.63) is 59.7 Å². The Kier molecular flexibility index (Phi) is 4.72. The van der Waals surface area contributed by atoms with E-state index < -0.39 is 0 Å². The Morgan fingerprint density at radius 2 is 1.07 bits per heavy atom. The minimum atomic E-state index is 0.0379. The molecule has 1 aliphatic carbocycles. The van der Waals surface area contributed by atoms with Crippen molar-refractivity contribution >= 4 is 0 Å². The second-order valence-electron chi connectivity index (χ2n) is 7.60. The minimum absolute atomic E-state index is 0.0379. The third-order valence-corrected chi connectivity index (χ3v) is 5.96. The predicted molar refractivity (Wildman–Crippen MR) is 103 cm³/mol. The van der Waals surface area contributed by atoms with Crippen molar-refractivity contribution < 1.29 is 19.1 Å². The summed E-state index contributed by atoms with van der Waals surface area (Å²) in [7, 11) is 3.37. The number of nitrogens with zero attached hydrogens (tertiary/aromatic N) is 2. The lowest BCUT2D eigenvalue weighted by Gasteiger charge is -2.30. The van der Waals surface area contributed by atoms with E-state index in [1.807, 2.05) is 24.3 Å². The molecule has 0 radical (unpaired) electrons. The Labute approximate surface area is 165 Å². The van der Waals surface area contributed by atoms with Gasteiger partial charge in [-0.3, -0.25) is 9.68 Å². The van der Waals surface area contributed by atoms with Gasteiger partial charge in [-0.25, -0.2) is 0 Å². The van der Waals surface area contributed by atoms with Crippen LogP contribution in [0.4, 0.5) is 0 Å². The highest BCUT2D eigenvalue weighted by Gasteiger charge is 2.54. The molecule has 0 spiro atoms. The van der Waals surface area contributed by atoms with Gasteiger partial charge in [0.2, 0.25) is 0 Å². The molecule has 6 heteroatoms. The first-order valence-electron chi connectivity index (χ1n) is 9.96. The smallest absolute Gasteiger partial charge is 0.180 e. The van der Waals surface area contributed by atoms with Gasteiger partial charge in [0.1, 0.15) is 11.5 Å². The van der Waals surface area contributed by atoms with Gasteiger partial charge in [0.15, 0.2) is 12.5 Å². The fourth-order valence-electron chi connectivity index (χ4n) is 4.32. The van der Waals surface area contributed by atoms with Gasteiger partial charge in [-0.15, -0.1) is 10.1 Å². The Balaban J connectivity index is 1.26. The van der Waals surface area contributed by atoms with Crippen molar-refractivity contribution in [1.29, 1.82) is 0 Å². The quantitative estimate of drug-likeness (QED) is 0.698. The van der Waals surface area contributed by atoms with Gasteiger partial charge in [-0.1, -0.05) is 37.1 Å². The van der Waals surface area contributed by atoms with Crippen LogP contribution in [0.15, 0.2) is 48.5 Å². The predicted octanol–water partition coefficient (Wildman–Crippen LogP) is 4.21. The molecule has 0 N–H and O–H groups in total. The average molecular weight is 382 g/mol. The Morgan fingerprint density at radius 3 is 1.43 bits per heavy atom. The van der Waals surface area contributed by atoms with Crippen LogP contribution >= 0.6 is 0 Å². The SMILES string of the molecule is COc1ccc(C2ON2C2CCCCC2N2OC2c2ccc(OC)cc2)cc1. The highest BCUT2D eigenvalue weighted by atomic mass is 16.9. The summed E-state index contributed by atoms with van der Waals surface area (Å²) in [6, 6.07) is 17.0. The van der Waals surface area contributed by atoms with E-state index in [0.29, 0.717) is 12.1 Å². The van der Waals surface area contributed by atoms with E-state index in [-0.39, 0.29) is 12.5 Å². The number of hydrogen-bond acceptors (Lipinski definition) is 6. The molecule has 6 atom stereocenters. The lowest BCUT2D eigenvalue weighted by Crippen LogP contribution is -2.41. The lowest BCUT2D eigenvalue weighted by molar-refractivity contribution is 0.0256. The highest BCUT2D eigenvalue weighted by molar-refractivity contribution is 5.30. The molecule has 148 valence electrons. The van der Waals surface area contributed by atoms with Crippen LogP contribution in [-0.4, -0.2) is 36.4 Å². The van der Waals surface area contributed by atoms with Crippen LogP contribution in [0.3, 0.4) is 0 Å². The first kappa shape index (κ1) is 17.9. The van der Waals surface area contributed by atoms with Gasteiger partial charge >= 0.3 is 0 Å². The zero-order chi connectivity index (χ0) is 19.1. The first-order valence-corrected chi connectivity index (χ1v) is 9.96. The molecule has 5 rings (SSSR count). The molecule has 2 saturated heterocycles. The van der Waals surface area contributed by atoms with Crippen molar-refractivity contribution in [3.8, 4) is 11.5 Å². The Morgan fingerprint density at radius 1 is 0.679 bits per heavy atom. The summed E-state index contributed by atoms with van der Waals surface area (Å²) in [5.74, 6) is 1.73. The molecule has 1 saturated carbocycles. The van der Waals surface area contributed by atoms with Gasteiger partial charge in [0.05, 0.1) is 26.3 Å². The number of hydroxylamine groups is 4. The molecule has 2 heterocycles. The monoisotopic (exact) mass is 382 g/mol. The number of ether oxygens (including phenoxy) is 2. The van der Waals surface area contributed by atoms with Crippen molar-refractivity contribution in [2.24, 2.45) is 0 Å². The standard InChI is InChI=1S/C22H26N2O4/c1-25-17-11-7-15(8-12-17)21-23(27-21)19-5-3-4-6-20(19)24-22(28-24)16-9-13-18(26-2)14-10-16/h7-14,19-22H,3-6H2,1-2H3. The van der Waals surface area contributed by atoms with Crippen LogP contribution in [0.2, 0.25) is 0 Å². The average Bonchev–Trinajstić information content (AvgIpc) is 3.68. The highest BCUT2D eigenvalue weighted by Crippen LogP contribution is 2.49. The third-order valence-electron chi connectivity index (χ3n) is 5.96. The van der Waals surface area contributed by atoms with E-state index in [9.17, 15) is 0 Å². The van der Waals surface area contributed by atoms with Crippen LogP contribution < -0.4 is 9.47 Å². The fraction of sp³-hybridized carbons (Fsp3) is 0.455. The van der Waals surface area contributed by atoms with E-state index in [1.165, 1.54) is 24.0 Å². The van der Waals surface area contributed by atoms with Crippen LogP contribution in [-0.2, 0) is 9.68 Å². The van der Waals surface area contributed by atoms with Crippen molar-refractivity contribution in [3.63, 3.8) is 0 Å². The summed E-state index contributed by atoms with van der Waals surface area (Å²) >= 11 is 0. The summed E-state index contributed by atoms with van der Waals surface area (Å²) in [5.41, 5.74) is 2.34. The van der Waals surface area contributed by atoms with Gasteiger partial charge in [-0.2, -0.15) is 0 Å². The molecule has 0 amide bonds. The van der Waals surface area contributed by atoms with E-state index in [4.69, 9.17) is 19.1 Å². The van der Waals surface area contributed by atoms with Crippen LogP contribution in [0.25, 0.3) is 0 Å². The van der Waals surface area contributed by atoms with E-state index >= 15 is 0 Å². The maximum absolute atomic E-state index is 5.99. The molecular formula is C22H26N2O4. The summed E-state index contributed by atoms with van der Waals surface area (Å²) in [5, 5.41) is 4.30. The van der Waals surface area contributed by atoms with Gasteiger partial charge in [0.25, 0.3) is 0 Å². The van der Waals surface area contributed by atoms with E-state index in [2.05, 4.69) is 34.4 Å². The number of benzene rings is 2. The zero-order valence-corrected chi connectivity index (χ0v) is 16.3. The van der Waals surface area contributed by atoms with Gasteiger partial charge in [0, 0.05) is 0 Å². The molecule has 2 aliphatic heterocycles. The largest absolute Gasteiger partial charge is 0.497 e. The van der Waals surface area contributed by atoms with Crippen molar-refractivity contribution in [2.45, 2.75) is 50.2 Å². The Bertz CT molecular complexity index is 741. The van der Waals surface area contributed by atoms with E-state index in [1.54, 1.807) is 14.2 Å². The lowest BCUT2D eigenvalue weighted by atomic mass is 9.90. The summed E-state index contributed by atoms with van der Waals surface area (Å²) in [6.07, 6.45) is 4.81. The second kappa shape index (κ2) is 7.37. The topological polar surface area (TPSA) is 49.5 Å². The van der Waals surface area contributed by atoms with Crippen molar-refractivity contribution in [1.82, 2.24) is 10.1 Å². The van der Waals surface area contributed by atoms with Crippen LogP contribution in [0, 0.1) is 0 Å². The van der Waals surface area contributed by atoms with Crippen LogP contribution in [0.1, 0.15) is 49.3 Å². The molecule has 3 fully saturated rings. The summed E-state index contributed by atoms with van der Waals surface area (Å²) < 4.78 is 10.5. The second-order valence-corrected chi connectivity index (χ2v) is 7.60. The molecule has 2 aromatic carbocycles. The summed E-state index contributed by atoms with van der Waals surface area (Å²) in [4.78, 5) is 12.0. The van der Waals surface area contributed by atoms with Crippen molar-refractivity contribution in [2.75, 3.05) is 14.2 Å². The first-order chi connectivity index (χ1) is 13.8. The van der Waals surface area contributed by atoms with Gasteiger partial charge in [-0.05, 0) is 48.2 Å². The Hall–Kier alpha value is -2.12. The molecular weight excluding hydrogens is 356 g/mol. The molecule has 0 bridgehead atoms. The molecule has 28 heavy (non-hydrogen) atoms. The molecule has 2 aromatic rings. The molecule has 3 aliphatic rings. The molecule has 6 nitrogen and oxygen atoms in total. The fourth-order valence-corrected chi connectivity index (χ4v) is 4.32. The van der Waals surface area contributed by atoms with E-state index in [0.717, 1.165) is 24.3 Å². The molecule has 6 unspecified atom stereocenters. The number of methoxy groups -OCH3 is 2. The maximum Gasteiger partial charge on any atom is 0.180 e. The molecule has 0 aromatic heterocycles.